The lowest BCUT2D eigenvalue weighted by Gasteiger charge is -2.16. The van der Waals surface area contributed by atoms with E-state index in [-0.39, 0.29) is 5.82 Å². The van der Waals surface area contributed by atoms with Crippen LogP contribution in [0.5, 0.6) is 5.75 Å². The number of hydrogen-bond acceptors (Lipinski definition) is 6. The second kappa shape index (κ2) is 8.39. The monoisotopic (exact) mass is 390 g/mol. The third kappa shape index (κ3) is 4.66. The second-order valence-corrected chi connectivity index (χ2v) is 7.41. The summed E-state index contributed by atoms with van der Waals surface area (Å²) < 4.78 is 21.1. The molecule has 0 spiro atoms. The van der Waals surface area contributed by atoms with Crippen LogP contribution in [0.4, 0.5) is 15.2 Å². The van der Waals surface area contributed by atoms with Crippen LogP contribution in [0.15, 0.2) is 48.5 Å². The van der Waals surface area contributed by atoms with E-state index in [9.17, 15) is 4.39 Å². The molecule has 1 heterocycles. The standard InChI is InChI=1S/C18H19FN4OS2/c1-22(11-13-6-5-7-14(19)10-13)12-23-18(25)26-17(21-23)20-15-8-3-4-9-16(15)24-2/h3-10H,11-12H2,1-2H3,(H,20,21). The molecule has 0 saturated carbocycles. The van der Waals surface area contributed by atoms with Crippen LogP contribution in [0.2, 0.25) is 0 Å². The minimum Gasteiger partial charge on any atom is -0.495 e. The predicted molar refractivity (Wildman–Crippen MR) is 105 cm³/mol. The largest absolute Gasteiger partial charge is 0.495 e. The van der Waals surface area contributed by atoms with Gasteiger partial charge in [-0.1, -0.05) is 35.6 Å². The summed E-state index contributed by atoms with van der Waals surface area (Å²) in [5.74, 6) is 0.507. The topological polar surface area (TPSA) is 42.3 Å². The van der Waals surface area contributed by atoms with Gasteiger partial charge in [-0.15, -0.1) is 5.10 Å². The molecule has 0 aliphatic carbocycles. The van der Waals surface area contributed by atoms with E-state index in [2.05, 4.69) is 10.4 Å². The molecule has 1 aromatic heterocycles. The van der Waals surface area contributed by atoms with Crippen LogP contribution in [0.1, 0.15) is 5.56 Å². The van der Waals surface area contributed by atoms with Gasteiger partial charge in [0.15, 0.2) is 3.95 Å². The molecule has 8 heteroatoms. The van der Waals surface area contributed by atoms with E-state index in [1.165, 1.54) is 23.5 Å². The summed E-state index contributed by atoms with van der Waals surface area (Å²) in [6.07, 6.45) is 0. The molecule has 0 bridgehead atoms. The van der Waals surface area contributed by atoms with Gasteiger partial charge in [-0.25, -0.2) is 9.07 Å². The first-order chi connectivity index (χ1) is 12.5. The Morgan fingerprint density at radius 3 is 2.85 bits per heavy atom. The summed E-state index contributed by atoms with van der Waals surface area (Å²) in [6, 6.07) is 14.2. The number of anilines is 2. The summed E-state index contributed by atoms with van der Waals surface area (Å²) in [5.41, 5.74) is 1.74. The van der Waals surface area contributed by atoms with Crippen LogP contribution in [-0.2, 0) is 13.2 Å². The normalized spacial score (nSPS) is 10.9. The first-order valence-corrected chi connectivity index (χ1v) is 9.18. The Labute approximate surface area is 160 Å². The van der Waals surface area contributed by atoms with Crippen LogP contribution < -0.4 is 10.1 Å². The van der Waals surface area contributed by atoms with Crippen LogP contribution >= 0.6 is 23.6 Å². The molecule has 3 aromatic rings. The lowest BCUT2D eigenvalue weighted by atomic mass is 10.2. The smallest absolute Gasteiger partial charge is 0.209 e. The zero-order valence-electron chi connectivity index (χ0n) is 14.5. The van der Waals surface area contributed by atoms with Gasteiger partial charge in [0.05, 0.1) is 19.5 Å². The lowest BCUT2D eigenvalue weighted by molar-refractivity contribution is 0.245. The Morgan fingerprint density at radius 1 is 1.27 bits per heavy atom. The van der Waals surface area contributed by atoms with Gasteiger partial charge in [0.1, 0.15) is 11.6 Å². The van der Waals surface area contributed by atoms with E-state index >= 15 is 0 Å². The van der Waals surface area contributed by atoms with Gasteiger partial charge in [0.2, 0.25) is 5.13 Å². The van der Waals surface area contributed by atoms with Gasteiger partial charge in [-0.05, 0) is 49.1 Å². The highest BCUT2D eigenvalue weighted by Crippen LogP contribution is 2.28. The minimum atomic E-state index is -0.232. The summed E-state index contributed by atoms with van der Waals surface area (Å²) in [5, 5.41) is 8.46. The van der Waals surface area contributed by atoms with Gasteiger partial charge in [0, 0.05) is 6.54 Å². The molecular formula is C18H19FN4OS2. The Morgan fingerprint density at radius 2 is 2.08 bits per heavy atom. The number of nitrogens with one attached hydrogen (secondary N) is 1. The molecule has 136 valence electrons. The van der Waals surface area contributed by atoms with E-state index < -0.39 is 0 Å². The summed E-state index contributed by atoms with van der Waals surface area (Å²) in [6.45, 7) is 1.12. The molecule has 0 saturated heterocycles. The fourth-order valence-electron chi connectivity index (χ4n) is 2.53. The van der Waals surface area contributed by atoms with Gasteiger partial charge in [-0.3, -0.25) is 4.90 Å². The average molecular weight is 391 g/mol. The molecule has 0 fully saturated rings. The molecule has 0 aliphatic heterocycles. The van der Waals surface area contributed by atoms with Crippen molar-refractivity contribution in [2.24, 2.45) is 0 Å². The number of para-hydroxylation sites is 2. The highest BCUT2D eigenvalue weighted by molar-refractivity contribution is 7.73. The van der Waals surface area contributed by atoms with Crippen LogP contribution in [0.3, 0.4) is 0 Å². The van der Waals surface area contributed by atoms with Crippen molar-refractivity contribution in [1.82, 2.24) is 14.7 Å². The van der Waals surface area contributed by atoms with Crippen molar-refractivity contribution in [3.05, 3.63) is 63.9 Å². The Bertz CT molecular complexity index is 941. The number of nitrogens with zero attached hydrogens (tertiary/aromatic N) is 3. The maximum absolute atomic E-state index is 13.3. The third-order valence-electron chi connectivity index (χ3n) is 3.67. The fourth-order valence-corrected chi connectivity index (χ4v) is 3.54. The average Bonchev–Trinajstić information content (AvgIpc) is 2.94. The van der Waals surface area contributed by atoms with Gasteiger partial charge in [-0.2, -0.15) is 0 Å². The molecule has 0 aliphatic rings. The predicted octanol–water partition coefficient (Wildman–Crippen LogP) is 4.65. The zero-order chi connectivity index (χ0) is 18.5. The Kier molecular flexibility index (Phi) is 5.97. The maximum atomic E-state index is 13.3. The first-order valence-electron chi connectivity index (χ1n) is 7.96. The van der Waals surface area contributed by atoms with Crippen molar-refractivity contribution < 1.29 is 9.13 Å². The lowest BCUT2D eigenvalue weighted by Crippen LogP contribution is -2.22. The summed E-state index contributed by atoms with van der Waals surface area (Å²) >= 11 is 6.81. The molecule has 2 aromatic carbocycles. The zero-order valence-corrected chi connectivity index (χ0v) is 16.1. The second-order valence-electron chi connectivity index (χ2n) is 5.78. The number of rotatable bonds is 7. The Balaban J connectivity index is 1.69. The molecule has 1 N–H and O–H groups in total. The molecule has 5 nitrogen and oxygen atoms in total. The number of benzene rings is 2. The van der Waals surface area contributed by atoms with Gasteiger partial charge >= 0.3 is 0 Å². The van der Waals surface area contributed by atoms with E-state index in [4.69, 9.17) is 17.0 Å². The van der Waals surface area contributed by atoms with Gasteiger partial charge < -0.3 is 10.1 Å². The number of methoxy groups -OCH3 is 1. The minimum absolute atomic E-state index is 0.232. The van der Waals surface area contributed by atoms with Crippen molar-refractivity contribution >= 4 is 34.4 Å². The Hall–Kier alpha value is -2.29. The van der Waals surface area contributed by atoms with Gasteiger partial charge in [0.25, 0.3) is 0 Å². The molecule has 0 atom stereocenters. The summed E-state index contributed by atoms with van der Waals surface area (Å²) in [7, 11) is 3.57. The fraction of sp³-hybridized carbons (Fsp3) is 0.222. The van der Waals surface area contributed by atoms with Crippen molar-refractivity contribution in [3.63, 3.8) is 0 Å². The molecule has 0 radical (unpaired) electrons. The quantitative estimate of drug-likeness (QED) is 0.595. The number of hydrogen-bond donors (Lipinski definition) is 1. The van der Waals surface area contributed by atoms with E-state index in [0.717, 1.165) is 17.0 Å². The molecule has 0 amide bonds. The number of ether oxygens (including phenoxy) is 1. The van der Waals surface area contributed by atoms with E-state index in [1.54, 1.807) is 17.9 Å². The van der Waals surface area contributed by atoms with Crippen molar-refractivity contribution in [2.45, 2.75) is 13.2 Å². The van der Waals surface area contributed by atoms with Crippen molar-refractivity contribution in [2.75, 3.05) is 19.5 Å². The third-order valence-corrected chi connectivity index (χ3v) is 4.89. The highest BCUT2D eigenvalue weighted by atomic mass is 32.1. The number of aromatic nitrogens is 2. The van der Waals surface area contributed by atoms with Crippen molar-refractivity contribution in [3.8, 4) is 5.75 Å². The number of halogens is 1. The van der Waals surface area contributed by atoms with E-state index in [1.807, 2.05) is 42.3 Å². The van der Waals surface area contributed by atoms with Crippen LogP contribution in [0, 0.1) is 9.77 Å². The highest BCUT2D eigenvalue weighted by Gasteiger charge is 2.09. The molecular weight excluding hydrogens is 371 g/mol. The maximum Gasteiger partial charge on any atom is 0.209 e. The SMILES string of the molecule is COc1ccccc1Nc1nn(CN(C)Cc2cccc(F)c2)c(=S)s1. The van der Waals surface area contributed by atoms with Crippen molar-refractivity contribution in [1.29, 1.82) is 0 Å². The van der Waals surface area contributed by atoms with Crippen LogP contribution in [-0.4, -0.2) is 28.8 Å². The first kappa shape index (κ1) is 18.5. The molecule has 0 unspecified atom stereocenters. The van der Waals surface area contributed by atoms with E-state index in [0.29, 0.717) is 22.3 Å². The molecule has 3 rings (SSSR count). The molecule has 26 heavy (non-hydrogen) atoms. The van der Waals surface area contributed by atoms with Crippen LogP contribution in [0.25, 0.3) is 0 Å². The summed E-state index contributed by atoms with van der Waals surface area (Å²) in [4.78, 5) is 2.02.